The molecule has 7 nitrogen and oxygen atoms in total. The molecule has 1 aromatic heterocycles. The van der Waals surface area contributed by atoms with Crippen LogP contribution in [-0.4, -0.2) is 36.0 Å². The number of ketones is 1. The predicted molar refractivity (Wildman–Crippen MR) is 121 cm³/mol. The number of aryl methyl sites for hydroxylation is 1. The number of rotatable bonds is 7. The molecule has 0 aliphatic heterocycles. The monoisotopic (exact) mass is 422 g/mol. The first-order valence-corrected chi connectivity index (χ1v) is 10.4. The minimum absolute atomic E-state index is 0.322. The number of carbonyl (C=O) groups is 2. The Morgan fingerprint density at radius 2 is 1.71 bits per heavy atom. The number of anilines is 2. The third-order valence-electron chi connectivity index (χ3n) is 4.90. The van der Waals surface area contributed by atoms with Gasteiger partial charge in [0.1, 0.15) is 11.6 Å². The van der Waals surface area contributed by atoms with Gasteiger partial charge in [-0.1, -0.05) is 39.0 Å². The van der Waals surface area contributed by atoms with Gasteiger partial charge < -0.3 is 9.64 Å². The Kier molecular flexibility index (Phi) is 7.76. The molecule has 0 fully saturated rings. The van der Waals surface area contributed by atoms with E-state index in [9.17, 15) is 14.9 Å². The van der Waals surface area contributed by atoms with E-state index in [1.807, 2.05) is 19.9 Å². The van der Waals surface area contributed by atoms with Gasteiger partial charge in [-0.25, -0.2) is 9.78 Å². The van der Waals surface area contributed by atoms with Crippen LogP contribution in [0.5, 0.6) is 5.75 Å². The summed E-state index contributed by atoms with van der Waals surface area (Å²) in [5.74, 6) is 0.702. The Hall–Kier alpha value is -3.40. The summed E-state index contributed by atoms with van der Waals surface area (Å²) in [6.07, 6.45) is -0.809. The smallest absolute Gasteiger partial charge is 0.410 e. The lowest BCUT2D eigenvalue weighted by molar-refractivity contribution is -0.126. The molecule has 0 aliphatic carbocycles. The number of amides is 1. The summed E-state index contributed by atoms with van der Waals surface area (Å²) in [5, 5.41) is 9.87. The molecule has 1 amide bonds. The number of ether oxygens (including phenoxy) is 1. The van der Waals surface area contributed by atoms with Crippen molar-refractivity contribution in [1.82, 2.24) is 4.98 Å². The maximum absolute atomic E-state index is 13.2. The highest BCUT2D eigenvalue weighted by molar-refractivity contribution is 6.03. The van der Waals surface area contributed by atoms with Crippen LogP contribution >= 0.6 is 0 Å². The van der Waals surface area contributed by atoms with E-state index in [0.29, 0.717) is 17.1 Å². The molecule has 164 valence electrons. The van der Waals surface area contributed by atoms with Gasteiger partial charge in [-0.2, -0.15) is 5.26 Å². The molecule has 0 saturated carbocycles. The van der Waals surface area contributed by atoms with Crippen LogP contribution in [0.2, 0.25) is 0 Å². The number of para-hydroxylation sites is 1. The first-order valence-electron chi connectivity index (χ1n) is 10.4. The van der Waals surface area contributed by atoms with Crippen LogP contribution in [0.15, 0.2) is 42.5 Å². The molecule has 0 radical (unpaired) electrons. The molecule has 0 N–H and O–H groups in total. The highest BCUT2D eigenvalue weighted by Gasteiger charge is 2.39. The summed E-state index contributed by atoms with van der Waals surface area (Å²) in [7, 11) is 0. The summed E-state index contributed by atoms with van der Waals surface area (Å²) < 4.78 is 5.50. The molecule has 31 heavy (non-hydrogen) atoms. The quantitative estimate of drug-likeness (QED) is 0.640. The minimum Gasteiger partial charge on any atom is -0.410 e. The Labute approximate surface area is 184 Å². The number of hydrogen-bond donors (Lipinski definition) is 0. The summed E-state index contributed by atoms with van der Waals surface area (Å²) in [6, 6.07) is 12.7. The molecule has 1 aromatic carbocycles. The van der Waals surface area contributed by atoms with E-state index in [0.717, 1.165) is 23.8 Å². The molecule has 1 atom stereocenters. The van der Waals surface area contributed by atoms with Crippen molar-refractivity contribution in [2.75, 3.05) is 22.9 Å². The van der Waals surface area contributed by atoms with Crippen molar-refractivity contribution < 1.29 is 14.3 Å². The second kappa shape index (κ2) is 10.1. The zero-order valence-corrected chi connectivity index (χ0v) is 19.0. The summed E-state index contributed by atoms with van der Waals surface area (Å²) in [4.78, 5) is 34.0. The number of carbonyl (C=O) groups excluding carboxylic acids is 2. The minimum atomic E-state index is -1.35. The third-order valence-corrected chi connectivity index (χ3v) is 4.90. The van der Waals surface area contributed by atoms with Gasteiger partial charge in [-0.05, 0) is 45.0 Å². The van der Waals surface area contributed by atoms with Crippen molar-refractivity contribution >= 4 is 23.4 Å². The van der Waals surface area contributed by atoms with Crippen LogP contribution in [0.3, 0.4) is 0 Å². The lowest BCUT2D eigenvalue weighted by Gasteiger charge is -2.31. The van der Waals surface area contributed by atoms with Crippen molar-refractivity contribution in [3.63, 3.8) is 0 Å². The fourth-order valence-electron chi connectivity index (χ4n) is 3.14. The Morgan fingerprint density at radius 3 is 2.19 bits per heavy atom. The first-order chi connectivity index (χ1) is 14.6. The van der Waals surface area contributed by atoms with Gasteiger partial charge in [0.25, 0.3) is 0 Å². The fourth-order valence-corrected chi connectivity index (χ4v) is 3.14. The highest BCUT2D eigenvalue weighted by Crippen LogP contribution is 2.29. The molecule has 0 spiro atoms. The van der Waals surface area contributed by atoms with E-state index in [4.69, 9.17) is 4.74 Å². The van der Waals surface area contributed by atoms with Crippen molar-refractivity contribution in [3.8, 4) is 11.8 Å². The number of Topliss-reactive ketones (excluding diaryl/α,β-unsaturated/α-hetero) is 1. The lowest BCUT2D eigenvalue weighted by Crippen LogP contribution is -2.49. The summed E-state index contributed by atoms with van der Waals surface area (Å²) in [6.45, 7) is 12.5. The van der Waals surface area contributed by atoms with E-state index in [1.54, 1.807) is 70.2 Å². The third kappa shape index (κ3) is 5.60. The molecule has 0 aliphatic rings. The van der Waals surface area contributed by atoms with Crippen LogP contribution in [0.25, 0.3) is 0 Å². The van der Waals surface area contributed by atoms with Crippen LogP contribution in [0.4, 0.5) is 16.3 Å². The van der Waals surface area contributed by atoms with Gasteiger partial charge >= 0.3 is 6.09 Å². The maximum Gasteiger partial charge on any atom is 0.421 e. The van der Waals surface area contributed by atoms with Gasteiger partial charge in [0.2, 0.25) is 0 Å². The van der Waals surface area contributed by atoms with Gasteiger partial charge in [0.05, 0.1) is 17.5 Å². The van der Waals surface area contributed by atoms with Gasteiger partial charge in [0.15, 0.2) is 11.8 Å². The SMILES string of the molecule is CCN(CC)c1ccc(N(C(=O)Oc2ccccc2)C(C#N)C(=O)C(C)(C)C)c(C)n1. The average molecular weight is 423 g/mol. The largest absolute Gasteiger partial charge is 0.421 e. The topological polar surface area (TPSA) is 86.5 Å². The zero-order chi connectivity index (χ0) is 23.2. The van der Waals surface area contributed by atoms with Crippen molar-refractivity contribution in [3.05, 3.63) is 48.2 Å². The molecular weight excluding hydrogens is 392 g/mol. The normalized spacial score (nSPS) is 11.9. The van der Waals surface area contributed by atoms with Crippen LogP contribution in [-0.2, 0) is 4.79 Å². The van der Waals surface area contributed by atoms with Crippen LogP contribution in [0, 0.1) is 23.7 Å². The average Bonchev–Trinajstić information content (AvgIpc) is 2.73. The van der Waals surface area contributed by atoms with Gasteiger partial charge in [-0.3, -0.25) is 9.69 Å². The van der Waals surface area contributed by atoms with E-state index >= 15 is 0 Å². The van der Waals surface area contributed by atoms with Crippen LogP contribution < -0.4 is 14.5 Å². The van der Waals surface area contributed by atoms with E-state index in [-0.39, 0.29) is 5.78 Å². The number of nitriles is 1. The second-order valence-corrected chi connectivity index (χ2v) is 8.14. The van der Waals surface area contributed by atoms with E-state index in [2.05, 4.69) is 9.88 Å². The molecule has 2 aromatic rings. The molecule has 1 unspecified atom stereocenters. The zero-order valence-electron chi connectivity index (χ0n) is 19.0. The molecule has 2 rings (SSSR count). The first kappa shape index (κ1) is 23.9. The maximum atomic E-state index is 13.2. The second-order valence-electron chi connectivity index (χ2n) is 8.14. The fraction of sp³-hybridized carbons (Fsp3) is 0.417. The highest BCUT2D eigenvalue weighted by atomic mass is 16.6. The molecule has 0 saturated heterocycles. The lowest BCUT2D eigenvalue weighted by atomic mass is 9.86. The number of aromatic nitrogens is 1. The molecule has 0 bridgehead atoms. The summed E-state index contributed by atoms with van der Waals surface area (Å²) in [5.41, 5.74) is 0.0612. The van der Waals surface area contributed by atoms with Crippen molar-refractivity contribution in [1.29, 1.82) is 5.26 Å². The van der Waals surface area contributed by atoms with Gasteiger partial charge in [-0.15, -0.1) is 0 Å². The summed E-state index contributed by atoms with van der Waals surface area (Å²) >= 11 is 0. The molecule has 1 heterocycles. The number of benzene rings is 1. The predicted octanol–water partition coefficient (Wildman–Crippen LogP) is 4.75. The van der Waals surface area contributed by atoms with Crippen molar-refractivity contribution in [2.24, 2.45) is 5.41 Å². The number of nitrogens with zero attached hydrogens (tertiary/aromatic N) is 4. The Balaban J connectivity index is 2.55. The van der Waals surface area contributed by atoms with E-state index in [1.165, 1.54) is 0 Å². The van der Waals surface area contributed by atoms with E-state index < -0.39 is 17.6 Å². The molecular formula is C24H30N4O3. The van der Waals surface area contributed by atoms with Crippen molar-refractivity contribution in [2.45, 2.75) is 47.6 Å². The number of hydrogen-bond acceptors (Lipinski definition) is 6. The Bertz CT molecular complexity index is 957. The molecule has 7 heteroatoms. The Morgan fingerprint density at radius 1 is 1.10 bits per heavy atom. The van der Waals surface area contributed by atoms with Crippen LogP contribution in [0.1, 0.15) is 40.3 Å². The van der Waals surface area contributed by atoms with Gasteiger partial charge in [0, 0.05) is 18.5 Å². The standard InChI is InChI=1S/C24H30N4O3/c1-7-27(8-2)21-15-14-19(17(3)26-21)28(20(16-25)22(29)24(4,5)6)23(30)31-18-12-10-9-11-13-18/h9-15,20H,7-8H2,1-6H3. The number of pyridine rings is 1.